The lowest BCUT2D eigenvalue weighted by Gasteiger charge is -2.25. The van der Waals surface area contributed by atoms with E-state index < -0.39 is 123 Å². The largest absolute Gasteiger partial charge is 0.478 e. The maximum atomic E-state index is 13.0. The van der Waals surface area contributed by atoms with E-state index in [0.717, 1.165) is 39.6 Å². The third-order valence-electron chi connectivity index (χ3n) is 11.2. The van der Waals surface area contributed by atoms with E-state index in [9.17, 15) is 76.9 Å². The first-order valence-electron chi connectivity index (χ1n) is 28.5. The number of alkyl halides is 1. The highest BCUT2D eigenvalue weighted by molar-refractivity contribution is 8.24. The first kappa shape index (κ1) is 102. The quantitative estimate of drug-likeness (QED) is 0.00434. The zero-order valence-corrected chi connectivity index (χ0v) is 64.9. The van der Waals surface area contributed by atoms with Gasteiger partial charge >= 0.3 is 70.0 Å². The highest BCUT2D eigenvalue weighted by atomic mass is 36.0. The standard InChI is InChI=1S/C15H22N3O9P.C15H23N2O6P.C8H17N2O6P.C7H6ClNO3.C7H8O.C4H9NO2.Cl3OP.ClH/c1-10(14(19)24-3)16-28(23,17-11(2)15(20)25-4)27-9-26-13-7-5-12(6-8-13)18(21)22;1-11(14(18)21-3)16-24(20,17-12(2)15(19)22-4)23-10-13-8-6-5-7-9-13;1-5(7(11)15-3)9-17(13,14)10-6(2)8(12)16-4;8-5-12-7-3-1-6(2-4-7)9(10)11;8-6-7-4-2-1-3-5-7;1-3(5)4(6)7-2;1-5(2,3)4;/h5-8,10-11H,9H2,1-4H3,(H2,16,17,23);5-9,11-12H,10H2,1-4H3,(H2,16,17,20);5-6H,1-4H3,(H3,9,10,13,14);1-4H,5H2;1-5,8H,6H2;3H,5H2,1-2H3;;1H/t10-,11-;11-,12-;5-,6-;;;3-;;/m000..0../s1. The second-order valence-corrected chi connectivity index (χ2v) is 31.5. The van der Waals surface area contributed by atoms with E-state index in [1.165, 1.54) is 111 Å². The number of ether oxygens (including phenoxy) is 9. The smallest absolute Gasteiger partial charge is 0.345 e. The molecule has 0 aliphatic rings. The monoisotopic (exact) mass is 1630 g/mol. The first-order valence-corrected chi connectivity index (χ1v) is 38.3. The number of nitro benzene ring substituents is 2. The number of carbonyl (C=O) groups excluding carboxylic acids is 7. The molecule has 0 aliphatic heterocycles. The number of hydrogen-bond acceptors (Lipinski definition) is 28. The number of aliphatic hydroxyl groups is 1. The zero-order chi connectivity index (χ0) is 78.3. The van der Waals surface area contributed by atoms with Crippen LogP contribution in [0.1, 0.15) is 59.6 Å². The molecule has 0 unspecified atom stereocenters. The van der Waals surface area contributed by atoms with Gasteiger partial charge in [0, 0.05) is 24.3 Å². The number of hydrogen-bond donors (Lipinski definition) is 9. The molecule has 0 spiro atoms. The van der Waals surface area contributed by atoms with Crippen LogP contribution in [0, 0.1) is 20.2 Å². The number of methoxy groups -OCH3 is 7. The number of aliphatic hydroxyl groups excluding tert-OH is 1. The van der Waals surface area contributed by atoms with Gasteiger partial charge in [0.25, 0.3) is 11.4 Å². The van der Waals surface area contributed by atoms with E-state index in [-0.39, 0.29) is 54.8 Å². The molecular formula is C56H86Cl5N9O28P4. The molecule has 578 valence electrons. The summed E-state index contributed by atoms with van der Waals surface area (Å²) in [6.07, 6.45) is 0. The van der Waals surface area contributed by atoms with Gasteiger partial charge in [0.1, 0.15) is 53.8 Å². The van der Waals surface area contributed by atoms with Crippen molar-refractivity contribution in [2.75, 3.05) is 62.6 Å². The maximum absolute atomic E-state index is 13.0. The van der Waals surface area contributed by atoms with Crippen LogP contribution in [0.3, 0.4) is 0 Å². The van der Waals surface area contributed by atoms with Gasteiger partial charge in [0.15, 0.2) is 12.9 Å². The molecule has 102 heavy (non-hydrogen) atoms. The molecule has 4 aromatic rings. The van der Waals surface area contributed by atoms with Gasteiger partial charge in [-0.3, -0.25) is 76.6 Å². The second-order valence-electron chi connectivity index (χ2n) is 19.2. The van der Waals surface area contributed by atoms with Crippen LogP contribution in [0.4, 0.5) is 11.4 Å². The fraction of sp³-hybridized carbons (Fsp3) is 0.446. The Morgan fingerprint density at radius 2 is 0.725 bits per heavy atom. The number of halogens is 5. The van der Waals surface area contributed by atoms with Crippen LogP contribution in [-0.2, 0) is 107 Å². The average molecular weight is 1630 g/mol. The van der Waals surface area contributed by atoms with E-state index in [1.807, 2.05) is 48.5 Å². The molecule has 10 N–H and O–H groups in total. The number of nitro groups is 2. The van der Waals surface area contributed by atoms with E-state index in [4.69, 9.17) is 41.0 Å². The molecule has 0 heterocycles. The Hall–Kier alpha value is -6.50. The highest BCUT2D eigenvalue weighted by Crippen LogP contribution is 2.61. The molecule has 0 amide bonds. The molecule has 0 aromatic heterocycles. The fourth-order valence-electron chi connectivity index (χ4n) is 6.25. The molecule has 7 atom stereocenters. The van der Waals surface area contributed by atoms with E-state index in [0.29, 0.717) is 5.75 Å². The summed E-state index contributed by atoms with van der Waals surface area (Å²) in [6.45, 7) is 9.67. The lowest BCUT2D eigenvalue weighted by atomic mass is 10.2. The molecule has 0 radical (unpaired) electrons. The number of carbonyl (C=O) groups is 7. The van der Waals surface area contributed by atoms with Crippen molar-refractivity contribution in [3.8, 4) is 11.5 Å². The van der Waals surface area contributed by atoms with Crippen molar-refractivity contribution in [2.45, 2.75) is 104 Å². The van der Waals surface area contributed by atoms with Crippen LogP contribution in [0.5, 0.6) is 11.5 Å². The molecule has 46 heteroatoms. The lowest BCUT2D eigenvalue weighted by Crippen LogP contribution is -2.42. The Morgan fingerprint density at radius 1 is 0.461 bits per heavy atom. The Balaban J connectivity index is -0.000000587. The third kappa shape index (κ3) is 49.2. The zero-order valence-electron chi connectivity index (χ0n) is 57.5. The normalized spacial score (nSPS) is 12.7. The van der Waals surface area contributed by atoms with Crippen molar-refractivity contribution in [1.82, 2.24) is 30.5 Å². The number of benzene rings is 4. The van der Waals surface area contributed by atoms with Crippen LogP contribution in [0.2, 0.25) is 0 Å². The van der Waals surface area contributed by atoms with Gasteiger partial charge in [0.05, 0.1) is 72.8 Å². The van der Waals surface area contributed by atoms with Crippen LogP contribution < -0.4 is 45.7 Å². The molecule has 0 saturated heterocycles. The molecule has 0 aliphatic carbocycles. The minimum atomic E-state index is -4.04. The Morgan fingerprint density at radius 3 is 0.961 bits per heavy atom. The number of esters is 7. The van der Waals surface area contributed by atoms with Gasteiger partial charge in [-0.15, -0.1) is 12.4 Å². The summed E-state index contributed by atoms with van der Waals surface area (Å²) < 4.78 is 99.2. The van der Waals surface area contributed by atoms with Crippen molar-refractivity contribution in [2.24, 2.45) is 5.73 Å². The Kier molecular flexibility index (Phi) is 55.0. The summed E-state index contributed by atoms with van der Waals surface area (Å²) in [4.78, 5) is 108. The van der Waals surface area contributed by atoms with Gasteiger partial charge in [-0.25, -0.2) is 30.5 Å². The summed E-state index contributed by atoms with van der Waals surface area (Å²) >= 11 is 19.1. The van der Waals surface area contributed by atoms with Crippen LogP contribution in [0.25, 0.3) is 0 Å². The minimum absolute atomic E-state index is 0. The maximum Gasteiger partial charge on any atom is 0.345 e. The molecular weight excluding hydrogens is 1550 g/mol. The lowest BCUT2D eigenvalue weighted by molar-refractivity contribution is -0.385. The second kappa shape index (κ2) is 55.1. The van der Waals surface area contributed by atoms with Crippen molar-refractivity contribution in [3.05, 3.63) is 141 Å². The summed E-state index contributed by atoms with van der Waals surface area (Å²) in [7, 11) is -3.34. The summed E-state index contributed by atoms with van der Waals surface area (Å²) in [6, 6.07) is 23.2. The van der Waals surface area contributed by atoms with E-state index in [1.54, 1.807) is 19.1 Å². The topological polar surface area (TPSA) is 514 Å². The molecule has 4 aromatic carbocycles. The van der Waals surface area contributed by atoms with Crippen molar-refractivity contribution >= 4 is 139 Å². The molecule has 0 fully saturated rings. The third-order valence-corrected chi connectivity index (χ3v) is 16.6. The molecule has 4 rings (SSSR count). The van der Waals surface area contributed by atoms with E-state index >= 15 is 0 Å². The average Bonchev–Trinajstić information content (AvgIpc) is 0.829. The predicted octanol–water partition coefficient (Wildman–Crippen LogP) is 8.45. The van der Waals surface area contributed by atoms with Crippen molar-refractivity contribution in [3.63, 3.8) is 0 Å². The molecule has 0 bridgehead atoms. The Bertz CT molecular complexity index is 3260. The van der Waals surface area contributed by atoms with Gasteiger partial charge in [-0.1, -0.05) is 72.3 Å². The van der Waals surface area contributed by atoms with Gasteiger partial charge < -0.3 is 62.9 Å². The highest BCUT2D eigenvalue weighted by Gasteiger charge is 2.35. The molecule has 37 nitrogen and oxygen atoms in total. The number of rotatable bonds is 31. The number of nitrogens with two attached hydrogens (primary N) is 1. The summed E-state index contributed by atoms with van der Waals surface area (Å²) in [5, 5.41) is 40.4. The van der Waals surface area contributed by atoms with Gasteiger partial charge in [-0.05, 0) is 118 Å². The van der Waals surface area contributed by atoms with Gasteiger partial charge in [-0.2, -0.15) is 0 Å². The van der Waals surface area contributed by atoms with E-state index in [2.05, 4.69) is 97.4 Å². The van der Waals surface area contributed by atoms with Crippen LogP contribution in [0.15, 0.2) is 109 Å². The Labute approximate surface area is 614 Å². The number of nitrogens with one attached hydrogen (secondary N) is 6. The number of non-ortho nitro benzene ring substituents is 2. The predicted molar refractivity (Wildman–Crippen MR) is 379 cm³/mol. The molecule has 0 saturated carbocycles. The van der Waals surface area contributed by atoms with Crippen molar-refractivity contribution < 1.29 is 123 Å². The fourth-order valence-corrected chi connectivity index (χ4v) is 11.2. The van der Waals surface area contributed by atoms with Gasteiger partial charge in [0.2, 0.25) is 0 Å². The summed E-state index contributed by atoms with van der Waals surface area (Å²) in [5.74, 6) is -3.62. The first-order chi connectivity index (χ1) is 47.0. The minimum Gasteiger partial charge on any atom is -0.478 e. The van der Waals surface area contributed by atoms with Crippen LogP contribution >= 0.6 is 85.9 Å². The summed E-state index contributed by atoms with van der Waals surface area (Å²) in [5.41, 5.74) is 6.74. The van der Waals surface area contributed by atoms with Crippen molar-refractivity contribution in [1.29, 1.82) is 0 Å². The van der Waals surface area contributed by atoms with Crippen LogP contribution in [-0.4, -0.2) is 167 Å². The SMILES string of the molecule is COC(=O)[C@H](C)N.COC(=O)[C@H](C)NP(=O)(N[C@@H](C)C(=O)OC)OCOc1ccc([N+](=O)[O-])cc1.COC(=O)[C@H](C)NP(=O)(N[C@@H](C)C(=O)OC)OCc1ccccc1.COC(=O)[C@H](C)NP(=O)(O)N[C@@H](C)C(=O)OC.Cl.O=P(Cl)(Cl)Cl.O=[N+]([O-])c1ccc(OCCl)cc1.OCc1ccccc1. The number of nitrogens with zero attached hydrogens (tertiary/aromatic N) is 2.